The topological polar surface area (TPSA) is 169 Å². The lowest BCUT2D eigenvalue weighted by atomic mass is 10.3. The maximum atomic E-state index is 8.88. The first-order chi connectivity index (χ1) is 8.47. The third-order valence-corrected chi connectivity index (χ3v) is 1.36. The fourth-order valence-corrected chi connectivity index (χ4v) is 0.906. The molecule has 1 aromatic carbocycles. The SMILES string of the molecule is O=P(O)(O)O.O=P(O)(O)O.c1ccc2occc2c1. The highest BCUT2D eigenvalue weighted by Gasteiger charge is 2.00. The lowest BCUT2D eigenvalue weighted by Crippen LogP contribution is -1.66. The number of hydrogen-bond donors (Lipinski definition) is 6. The summed E-state index contributed by atoms with van der Waals surface area (Å²) in [7, 11) is -9.28. The van der Waals surface area contributed by atoms with Crippen molar-refractivity contribution in [2.75, 3.05) is 0 Å². The van der Waals surface area contributed by atoms with Gasteiger partial charge in [-0.3, -0.25) is 0 Å². The van der Waals surface area contributed by atoms with E-state index in [-0.39, 0.29) is 0 Å². The molecule has 108 valence electrons. The molecule has 0 aliphatic carbocycles. The van der Waals surface area contributed by atoms with Gasteiger partial charge in [-0.2, -0.15) is 0 Å². The Morgan fingerprint density at radius 1 is 0.789 bits per heavy atom. The molecule has 0 bridgehead atoms. The second-order valence-electron chi connectivity index (χ2n) is 2.98. The second kappa shape index (κ2) is 7.54. The maximum absolute atomic E-state index is 8.88. The standard InChI is InChI=1S/C8H6O.2H3O4P/c1-2-4-8-7(3-1)5-6-9-8;2*1-5(2,3)4/h1-6H;2*(H3,1,2,3,4). The van der Waals surface area contributed by atoms with Crippen LogP contribution in [-0.2, 0) is 9.13 Å². The summed E-state index contributed by atoms with van der Waals surface area (Å²) in [6.07, 6.45) is 1.70. The van der Waals surface area contributed by atoms with Gasteiger partial charge < -0.3 is 33.8 Å². The van der Waals surface area contributed by atoms with Crippen LogP contribution in [0.25, 0.3) is 11.0 Å². The number of rotatable bonds is 0. The van der Waals surface area contributed by atoms with Crippen molar-refractivity contribution in [3.05, 3.63) is 36.6 Å². The predicted molar refractivity (Wildman–Crippen MR) is 64.7 cm³/mol. The minimum atomic E-state index is -4.64. The molecular formula is C8H12O9P2. The Hall–Kier alpha value is -1.02. The first-order valence-corrected chi connectivity index (χ1v) is 7.58. The van der Waals surface area contributed by atoms with E-state index in [0.717, 1.165) is 11.0 Å². The van der Waals surface area contributed by atoms with Crippen molar-refractivity contribution in [2.45, 2.75) is 0 Å². The van der Waals surface area contributed by atoms with Gasteiger partial charge in [0, 0.05) is 5.39 Å². The Labute approximate surface area is 107 Å². The molecule has 0 fully saturated rings. The largest absolute Gasteiger partial charge is 0.466 e. The number of furan rings is 1. The van der Waals surface area contributed by atoms with Gasteiger partial charge in [-0.05, 0) is 12.1 Å². The van der Waals surface area contributed by atoms with Crippen LogP contribution in [0, 0.1) is 0 Å². The fourth-order valence-electron chi connectivity index (χ4n) is 0.906. The number of para-hydroxylation sites is 1. The predicted octanol–water partition coefficient (Wildman–Crippen LogP) is 0.576. The molecule has 0 unspecified atom stereocenters. The average molecular weight is 314 g/mol. The smallest absolute Gasteiger partial charge is 0.464 e. The summed E-state index contributed by atoms with van der Waals surface area (Å²) in [6, 6.07) is 9.90. The zero-order valence-electron chi connectivity index (χ0n) is 9.27. The number of hydrogen-bond acceptors (Lipinski definition) is 3. The van der Waals surface area contributed by atoms with Crippen LogP contribution in [0.2, 0.25) is 0 Å². The van der Waals surface area contributed by atoms with Gasteiger partial charge in [-0.25, -0.2) is 9.13 Å². The summed E-state index contributed by atoms with van der Waals surface area (Å²) in [4.78, 5) is 43.1. The minimum absolute atomic E-state index is 0.956. The third-order valence-electron chi connectivity index (χ3n) is 1.36. The normalized spacial score (nSPS) is 11.1. The molecule has 0 radical (unpaired) electrons. The summed E-state index contributed by atoms with van der Waals surface area (Å²) in [5.41, 5.74) is 0.956. The number of fused-ring (bicyclic) bond motifs is 1. The Kier molecular flexibility index (Phi) is 7.14. The van der Waals surface area contributed by atoms with Gasteiger partial charge in [0.1, 0.15) is 5.58 Å². The van der Waals surface area contributed by atoms with Gasteiger partial charge in [0.2, 0.25) is 0 Å². The van der Waals surface area contributed by atoms with Crippen LogP contribution in [0.1, 0.15) is 0 Å². The molecule has 6 N–H and O–H groups in total. The average Bonchev–Trinajstić information content (AvgIpc) is 2.59. The molecule has 0 saturated carbocycles. The van der Waals surface area contributed by atoms with E-state index in [1.807, 2.05) is 30.3 Å². The molecule has 0 spiro atoms. The fraction of sp³-hybridized carbons (Fsp3) is 0. The van der Waals surface area contributed by atoms with Gasteiger partial charge in [0.15, 0.2) is 0 Å². The molecule has 1 aromatic heterocycles. The van der Waals surface area contributed by atoms with E-state index in [2.05, 4.69) is 0 Å². The Morgan fingerprint density at radius 3 is 1.63 bits per heavy atom. The Morgan fingerprint density at radius 2 is 1.21 bits per heavy atom. The molecular weight excluding hydrogens is 302 g/mol. The van der Waals surface area contributed by atoms with Gasteiger partial charge in [-0.15, -0.1) is 0 Å². The first-order valence-electron chi connectivity index (χ1n) is 4.45. The summed E-state index contributed by atoms with van der Waals surface area (Å²) >= 11 is 0. The van der Waals surface area contributed by atoms with Crippen LogP contribution in [0.4, 0.5) is 0 Å². The minimum Gasteiger partial charge on any atom is -0.464 e. The summed E-state index contributed by atoms with van der Waals surface area (Å²) in [6.45, 7) is 0. The number of phosphoric acid groups is 2. The monoisotopic (exact) mass is 314 g/mol. The van der Waals surface area contributed by atoms with Crippen LogP contribution in [0.15, 0.2) is 41.0 Å². The van der Waals surface area contributed by atoms with E-state index in [1.54, 1.807) is 6.26 Å². The van der Waals surface area contributed by atoms with Crippen LogP contribution >= 0.6 is 15.6 Å². The number of benzene rings is 1. The lowest BCUT2D eigenvalue weighted by Gasteiger charge is -1.82. The molecule has 0 aliphatic heterocycles. The molecule has 0 aliphatic rings. The van der Waals surface area contributed by atoms with Gasteiger partial charge in [0.05, 0.1) is 6.26 Å². The van der Waals surface area contributed by atoms with Crippen molar-refractivity contribution in [3.63, 3.8) is 0 Å². The third kappa shape index (κ3) is 14.9. The molecule has 1 heterocycles. The van der Waals surface area contributed by atoms with E-state index in [4.69, 9.17) is 42.9 Å². The molecule has 0 saturated heterocycles. The highest BCUT2D eigenvalue weighted by Crippen LogP contribution is 2.26. The van der Waals surface area contributed by atoms with Crippen LogP contribution in [0.5, 0.6) is 0 Å². The van der Waals surface area contributed by atoms with Gasteiger partial charge in [-0.1, -0.05) is 18.2 Å². The Bertz CT molecular complexity index is 514. The van der Waals surface area contributed by atoms with Crippen LogP contribution in [0.3, 0.4) is 0 Å². The van der Waals surface area contributed by atoms with Crippen molar-refractivity contribution in [1.82, 2.24) is 0 Å². The molecule has 0 amide bonds. The quantitative estimate of drug-likeness (QED) is 0.381. The molecule has 11 heteroatoms. The van der Waals surface area contributed by atoms with Crippen molar-refractivity contribution < 1.29 is 42.9 Å². The van der Waals surface area contributed by atoms with Crippen LogP contribution in [-0.4, -0.2) is 29.4 Å². The zero-order valence-corrected chi connectivity index (χ0v) is 11.1. The second-order valence-corrected chi connectivity index (χ2v) is 5.04. The van der Waals surface area contributed by atoms with E-state index >= 15 is 0 Å². The van der Waals surface area contributed by atoms with E-state index in [1.165, 1.54) is 0 Å². The molecule has 0 atom stereocenters. The highest BCUT2D eigenvalue weighted by atomic mass is 31.2. The van der Waals surface area contributed by atoms with Crippen LogP contribution < -0.4 is 0 Å². The van der Waals surface area contributed by atoms with Crippen molar-refractivity contribution in [3.8, 4) is 0 Å². The lowest BCUT2D eigenvalue weighted by molar-refractivity contribution is 0.272. The first kappa shape index (κ1) is 18.0. The van der Waals surface area contributed by atoms with E-state index in [0.29, 0.717) is 0 Å². The van der Waals surface area contributed by atoms with Gasteiger partial charge >= 0.3 is 15.6 Å². The van der Waals surface area contributed by atoms with Gasteiger partial charge in [0.25, 0.3) is 0 Å². The maximum Gasteiger partial charge on any atom is 0.466 e. The van der Waals surface area contributed by atoms with E-state index in [9.17, 15) is 0 Å². The highest BCUT2D eigenvalue weighted by molar-refractivity contribution is 7.45. The zero-order chi connectivity index (χ0) is 15.1. The van der Waals surface area contributed by atoms with E-state index < -0.39 is 15.6 Å². The summed E-state index contributed by atoms with van der Waals surface area (Å²) in [5, 5.41) is 1.16. The molecule has 2 rings (SSSR count). The Balaban J connectivity index is 0.000000283. The van der Waals surface area contributed by atoms with Crippen molar-refractivity contribution >= 4 is 26.6 Å². The van der Waals surface area contributed by atoms with Crippen molar-refractivity contribution in [2.24, 2.45) is 0 Å². The summed E-state index contributed by atoms with van der Waals surface area (Å²) in [5.74, 6) is 0. The summed E-state index contributed by atoms with van der Waals surface area (Å²) < 4.78 is 22.9. The molecule has 19 heavy (non-hydrogen) atoms. The van der Waals surface area contributed by atoms with Crippen molar-refractivity contribution in [1.29, 1.82) is 0 Å². The molecule has 2 aromatic rings. The molecule has 9 nitrogen and oxygen atoms in total.